The van der Waals surface area contributed by atoms with Crippen LogP contribution in [0.25, 0.3) is 17.0 Å². The van der Waals surface area contributed by atoms with Crippen molar-refractivity contribution in [1.82, 2.24) is 0 Å². The first-order valence-corrected chi connectivity index (χ1v) is 6.64. The third-order valence-electron chi connectivity index (χ3n) is 3.18. The Morgan fingerprint density at radius 3 is 2.68 bits per heavy atom. The molecule has 0 aliphatic heterocycles. The minimum Gasteiger partial charge on any atom is -0.422 e. The molecule has 0 saturated carbocycles. The van der Waals surface area contributed by atoms with E-state index in [1.54, 1.807) is 36.4 Å². The van der Waals surface area contributed by atoms with Crippen LogP contribution in [0.4, 0.5) is 4.39 Å². The number of halogens is 1. The highest BCUT2D eigenvalue weighted by Gasteiger charge is 2.10. The first-order chi connectivity index (χ1) is 10.6. The van der Waals surface area contributed by atoms with E-state index in [1.807, 2.05) is 0 Å². The van der Waals surface area contributed by atoms with E-state index in [0.717, 1.165) is 0 Å². The molecular formula is C18H11FO3. The zero-order valence-corrected chi connectivity index (χ0v) is 11.5. The molecule has 108 valence electrons. The Labute approximate surface area is 125 Å². The molecule has 0 aliphatic carbocycles. The molecule has 0 fully saturated rings. The lowest BCUT2D eigenvalue weighted by Gasteiger charge is -1.99. The normalized spacial score (nSPS) is 11.1. The van der Waals surface area contributed by atoms with Gasteiger partial charge in [-0.15, -0.1) is 0 Å². The molecule has 1 aromatic heterocycles. The average molecular weight is 294 g/mol. The summed E-state index contributed by atoms with van der Waals surface area (Å²) in [4.78, 5) is 24.0. The molecule has 0 amide bonds. The van der Waals surface area contributed by atoms with Gasteiger partial charge in [-0.2, -0.15) is 0 Å². The summed E-state index contributed by atoms with van der Waals surface area (Å²) in [7, 11) is 0. The number of hydrogen-bond donors (Lipinski definition) is 0. The quantitative estimate of drug-likeness (QED) is 0.419. The van der Waals surface area contributed by atoms with Gasteiger partial charge in [-0.3, -0.25) is 4.79 Å². The average Bonchev–Trinajstić information content (AvgIpc) is 2.52. The Kier molecular flexibility index (Phi) is 3.66. The van der Waals surface area contributed by atoms with E-state index in [4.69, 9.17) is 4.42 Å². The van der Waals surface area contributed by atoms with Crippen molar-refractivity contribution in [3.05, 3.63) is 88.0 Å². The first-order valence-electron chi connectivity index (χ1n) is 6.64. The molecule has 1 heterocycles. The summed E-state index contributed by atoms with van der Waals surface area (Å²) >= 11 is 0. The number of benzene rings is 2. The van der Waals surface area contributed by atoms with E-state index in [-0.39, 0.29) is 11.4 Å². The van der Waals surface area contributed by atoms with Crippen LogP contribution in [0.3, 0.4) is 0 Å². The topological polar surface area (TPSA) is 47.3 Å². The van der Waals surface area contributed by atoms with E-state index in [0.29, 0.717) is 16.5 Å². The lowest BCUT2D eigenvalue weighted by molar-refractivity contribution is 0.104. The smallest absolute Gasteiger partial charge is 0.347 e. The Bertz CT molecular complexity index is 938. The molecule has 0 atom stereocenters. The highest BCUT2D eigenvalue weighted by atomic mass is 19.1. The van der Waals surface area contributed by atoms with Crippen molar-refractivity contribution in [1.29, 1.82) is 0 Å². The summed E-state index contributed by atoms with van der Waals surface area (Å²) in [6.45, 7) is 0. The fourth-order valence-corrected chi connectivity index (χ4v) is 2.11. The van der Waals surface area contributed by atoms with Crippen molar-refractivity contribution in [2.75, 3.05) is 0 Å². The fourth-order valence-electron chi connectivity index (χ4n) is 2.11. The molecule has 0 bridgehead atoms. The highest BCUT2D eigenvalue weighted by Crippen LogP contribution is 2.13. The van der Waals surface area contributed by atoms with Crippen molar-refractivity contribution < 1.29 is 13.6 Å². The molecule has 3 rings (SSSR count). The maximum absolute atomic E-state index is 13.1. The van der Waals surface area contributed by atoms with E-state index in [2.05, 4.69) is 0 Å². The number of fused-ring (bicyclic) bond motifs is 1. The molecule has 4 heteroatoms. The fraction of sp³-hybridized carbons (Fsp3) is 0. The standard InChI is InChI=1S/C18H11FO3/c19-14-6-3-4-12(10-14)8-9-16(20)15-11-13-5-1-2-7-17(13)22-18(15)21/h1-11H. The predicted octanol–water partition coefficient (Wildman–Crippen LogP) is 3.83. The van der Waals surface area contributed by atoms with Gasteiger partial charge < -0.3 is 4.42 Å². The molecule has 3 nitrogen and oxygen atoms in total. The molecule has 3 aromatic rings. The molecule has 0 aliphatic rings. The summed E-state index contributed by atoms with van der Waals surface area (Å²) in [6.07, 6.45) is 2.69. The Hall–Kier alpha value is -3.01. The minimum atomic E-state index is -0.687. The van der Waals surface area contributed by atoms with Gasteiger partial charge >= 0.3 is 5.63 Å². The Morgan fingerprint density at radius 1 is 1.05 bits per heavy atom. The number of rotatable bonds is 3. The lowest BCUT2D eigenvalue weighted by atomic mass is 10.1. The van der Waals surface area contributed by atoms with Gasteiger partial charge in [0.2, 0.25) is 0 Å². The third-order valence-corrected chi connectivity index (χ3v) is 3.18. The van der Waals surface area contributed by atoms with E-state index >= 15 is 0 Å². The van der Waals surface area contributed by atoms with Crippen LogP contribution in [-0.4, -0.2) is 5.78 Å². The molecular weight excluding hydrogens is 283 g/mol. The highest BCUT2D eigenvalue weighted by molar-refractivity contribution is 6.07. The first kappa shape index (κ1) is 13.9. The predicted molar refractivity (Wildman–Crippen MR) is 82.2 cm³/mol. The number of ketones is 1. The van der Waals surface area contributed by atoms with Crippen molar-refractivity contribution in [3.8, 4) is 0 Å². The van der Waals surface area contributed by atoms with Crippen LogP contribution in [-0.2, 0) is 0 Å². The van der Waals surface area contributed by atoms with Crippen molar-refractivity contribution >= 4 is 22.8 Å². The second kappa shape index (κ2) is 5.77. The van der Waals surface area contributed by atoms with E-state index < -0.39 is 11.4 Å². The minimum absolute atomic E-state index is 0.0497. The van der Waals surface area contributed by atoms with Gasteiger partial charge in [0.15, 0.2) is 5.78 Å². The van der Waals surface area contributed by atoms with Crippen molar-refractivity contribution in [3.63, 3.8) is 0 Å². The molecule has 0 saturated heterocycles. The Balaban J connectivity index is 1.95. The number of allylic oxidation sites excluding steroid dienone is 1. The second-order valence-electron chi connectivity index (χ2n) is 4.74. The van der Waals surface area contributed by atoms with Crippen molar-refractivity contribution in [2.24, 2.45) is 0 Å². The number of para-hydroxylation sites is 1. The number of hydrogen-bond acceptors (Lipinski definition) is 3. The molecule has 0 spiro atoms. The van der Waals surface area contributed by atoms with Gasteiger partial charge in [0.05, 0.1) is 0 Å². The largest absolute Gasteiger partial charge is 0.422 e. The molecule has 2 aromatic carbocycles. The summed E-state index contributed by atoms with van der Waals surface area (Å²) in [5.74, 6) is -0.872. The lowest BCUT2D eigenvalue weighted by Crippen LogP contribution is -2.11. The summed E-state index contributed by atoms with van der Waals surface area (Å²) in [5.41, 5.74) is 0.232. The van der Waals surface area contributed by atoms with E-state index in [9.17, 15) is 14.0 Å². The van der Waals surface area contributed by atoms with Gasteiger partial charge in [0.1, 0.15) is 17.0 Å². The summed E-state index contributed by atoms with van der Waals surface area (Å²) in [6, 6.07) is 14.3. The SMILES string of the molecule is O=C(C=Cc1cccc(F)c1)c1cc2ccccc2oc1=O. The second-order valence-corrected chi connectivity index (χ2v) is 4.74. The van der Waals surface area contributed by atoms with Gasteiger partial charge in [-0.1, -0.05) is 36.4 Å². The number of carbonyl (C=O) groups excluding carboxylic acids is 1. The zero-order chi connectivity index (χ0) is 15.5. The van der Waals surface area contributed by atoms with Crippen LogP contribution < -0.4 is 5.63 Å². The van der Waals surface area contributed by atoms with Crippen LogP contribution in [0, 0.1) is 5.82 Å². The van der Waals surface area contributed by atoms with Gasteiger partial charge in [-0.25, -0.2) is 9.18 Å². The van der Waals surface area contributed by atoms with Crippen LogP contribution in [0.15, 0.2) is 69.9 Å². The maximum Gasteiger partial charge on any atom is 0.347 e. The van der Waals surface area contributed by atoms with Crippen LogP contribution in [0.1, 0.15) is 15.9 Å². The number of carbonyl (C=O) groups is 1. The maximum atomic E-state index is 13.1. The molecule has 22 heavy (non-hydrogen) atoms. The summed E-state index contributed by atoms with van der Waals surface area (Å²) < 4.78 is 18.2. The van der Waals surface area contributed by atoms with Gasteiger partial charge in [0.25, 0.3) is 0 Å². The molecule has 0 unspecified atom stereocenters. The van der Waals surface area contributed by atoms with E-state index in [1.165, 1.54) is 30.4 Å². The van der Waals surface area contributed by atoms with Crippen LogP contribution in [0.2, 0.25) is 0 Å². The third kappa shape index (κ3) is 2.86. The molecule has 0 radical (unpaired) electrons. The zero-order valence-electron chi connectivity index (χ0n) is 11.5. The van der Waals surface area contributed by atoms with Crippen molar-refractivity contribution in [2.45, 2.75) is 0 Å². The summed E-state index contributed by atoms with van der Waals surface area (Å²) in [5, 5.41) is 0.671. The monoisotopic (exact) mass is 294 g/mol. The van der Waals surface area contributed by atoms with Gasteiger partial charge in [-0.05, 0) is 35.9 Å². The molecule has 0 N–H and O–H groups in total. The van der Waals surface area contributed by atoms with Crippen LogP contribution >= 0.6 is 0 Å². The van der Waals surface area contributed by atoms with Crippen LogP contribution in [0.5, 0.6) is 0 Å². The Morgan fingerprint density at radius 2 is 1.86 bits per heavy atom. The van der Waals surface area contributed by atoms with Gasteiger partial charge in [0, 0.05) is 5.39 Å².